The molecule has 2 aromatic rings. The van der Waals surface area contributed by atoms with Crippen LogP contribution < -0.4 is 10.2 Å². The number of nitrogens with zero attached hydrogens (tertiary/aromatic N) is 5. The van der Waals surface area contributed by atoms with E-state index in [1.54, 1.807) is 11.1 Å². The van der Waals surface area contributed by atoms with E-state index in [2.05, 4.69) is 21.3 Å². The molecule has 2 saturated carbocycles. The lowest BCUT2D eigenvalue weighted by Crippen LogP contribution is -2.51. The van der Waals surface area contributed by atoms with Crippen LogP contribution in [0.4, 0.5) is 22.7 Å². The zero-order valence-corrected chi connectivity index (χ0v) is 19.6. The first-order chi connectivity index (χ1) is 16.3. The van der Waals surface area contributed by atoms with Gasteiger partial charge in [0, 0.05) is 23.8 Å². The van der Waals surface area contributed by atoms with Gasteiger partial charge in [-0.3, -0.25) is 4.79 Å². The summed E-state index contributed by atoms with van der Waals surface area (Å²) in [6.45, 7) is 0.456. The van der Waals surface area contributed by atoms with Crippen LogP contribution in [0.15, 0.2) is 18.5 Å². The summed E-state index contributed by atoms with van der Waals surface area (Å²) in [5.74, 6) is -0.182. The van der Waals surface area contributed by atoms with Crippen molar-refractivity contribution in [3.05, 3.63) is 24.0 Å². The van der Waals surface area contributed by atoms with Crippen LogP contribution in [0.2, 0.25) is 0 Å². The lowest BCUT2D eigenvalue weighted by molar-refractivity contribution is -0.164. The van der Waals surface area contributed by atoms with Crippen molar-refractivity contribution in [1.29, 1.82) is 5.26 Å². The second kappa shape index (κ2) is 9.62. The van der Waals surface area contributed by atoms with Gasteiger partial charge in [-0.2, -0.15) is 18.4 Å². The number of hydrogen-bond acceptors (Lipinski definition) is 6. The normalized spacial score (nSPS) is 19.9. The van der Waals surface area contributed by atoms with Gasteiger partial charge in [0.15, 0.2) is 18.0 Å². The SMILES string of the molecule is CNC1(C(F)(F)F)CC1.N#CCN1CN(C2CCCCC2)c2c(cnc3c2ccn3SF)C1=O. The molecular weight excluding hydrogens is 472 g/mol. The number of carbonyl (C=O) groups excluding carboxylic acids is 1. The minimum atomic E-state index is -4.05. The summed E-state index contributed by atoms with van der Waals surface area (Å²) in [5.41, 5.74) is 0.339. The molecule has 5 rings (SSSR count). The van der Waals surface area contributed by atoms with Gasteiger partial charge < -0.3 is 15.1 Å². The Morgan fingerprint density at radius 2 is 2.00 bits per heavy atom. The molecule has 3 aliphatic rings. The number of anilines is 1. The standard InChI is InChI=1S/C17H18FN5OS.C5H8F3N/c18-25-23-8-6-13-15-14(10-20-16(13)23)17(24)21(9-7-19)11-22(15)12-4-2-1-3-5-12;1-9-4(2-3-4)5(6,7)8/h6,8,10,12H,1-5,9,11H2;9H,2-3H2,1H3. The summed E-state index contributed by atoms with van der Waals surface area (Å²) in [4.78, 5) is 20.9. The molecule has 12 heteroatoms. The van der Waals surface area contributed by atoms with Gasteiger partial charge in [0.1, 0.15) is 12.1 Å². The molecule has 7 nitrogen and oxygen atoms in total. The lowest BCUT2D eigenvalue weighted by atomic mass is 9.92. The molecule has 0 atom stereocenters. The minimum Gasteiger partial charge on any atom is -0.349 e. The smallest absolute Gasteiger partial charge is 0.349 e. The minimum absolute atomic E-state index is 0.0564. The zero-order chi connectivity index (χ0) is 24.5. The number of pyridine rings is 1. The third-order valence-corrected chi connectivity index (χ3v) is 7.35. The summed E-state index contributed by atoms with van der Waals surface area (Å²) in [6, 6.07) is 4.22. The second-order valence-electron chi connectivity index (χ2n) is 8.86. The number of rotatable bonds is 4. The van der Waals surface area contributed by atoms with Crippen molar-refractivity contribution in [3.63, 3.8) is 0 Å². The molecule has 0 unspecified atom stereocenters. The second-order valence-corrected chi connectivity index (χ2v) is 9.39. The number of nitrogens with one attached hydrogen (secondary N) is 1. The molecule has 34 heavy (non-hydrogen) atoms. The molecule has 3 heterocycles. The molecule has 0 radical (unpaired) electrons. The number of nitriles is 1. The van der Waals surface area contributed by atoms with Crippen molar-refractivity contribution in [2.24, 2.45) is 0 Å². The Balaban J connectivity index is 0.000000257. The fourth-order valence-corrected chi connectivity index (χ4v) is 5.08. The molecule has 0 bridgehead atoms. The largest absolute Gasteiger partial charge is 0.406 e. The molecule has 184 valence electrons. The van der Waals surface area contributed by atoms with Crippen molar-refractivity contribution >= 4 is 35.0 Å². The molecule has 2 aromatic heterocycles. The van der Waals surface area contributed by atoms with E-state index in [1.807, 2.05) is 6.07 Å². The Hall–Kier alpha value is -2.52. The Bertz CT molecular complexity index is 1090. The summed E-state index contributed by atoms with van der Waals surface area (Å²) in [6.07, 6.45) is 5.25. The Labute approximate surface area is 199 Å². The summed E-state index contributed by atoms with van der Waals surface area (Å²) < 4.78 is 50.0. The van der Waals surface area contributed by atoms with Gasteiger partial charge >= 0.3 is 6.18 Å². The van der Waals surface area contributed by atoms with E-state index in [0.717, 1.165) is 36.8 Å². The van der Waals surface area contributed by atoms with Gasteiger partial charge in [0.2, 0.25) is 0 Å². The average Bonchev–Trinajstić information content (AvgIpc) is 3.55. The number of halogens is 4. The molecule has 0 aromatic carbocycles. The first-order valence-electron chi connectivity index (χ1n) is 11.2. The first-order valence-corrected chi connectivity index (χ1v) is 11.9. The molecule has 0 spiro atoms. The highest BCUT2D eigenvalue weighted by Crippen LogP contribution is 2.48. The maximum atomic E-state index is 13.1. The molecular formula is C22H26F4N6OS. The van der Waals surface area contributed by atoms with Crippen LogP contribution in [0.1, 0.15) is 55.3 Å². The first kappa shape index (κ1) is 24.6. The van der Waals surface area contributed by atoms with Crippen molar-refractivity contribution in [1.82, 2.24) is 19.2 Å². The van der Waals surface area contributed by atoms with Crippen LogP contribution in [0, 0.1) is 11.3 Å². The molecule has 1 N–H and O–H groups in total. The van der Waals surface area contributed by atoms with E-state index in [9.17, 15) is 21.9 Å². The van der Waals surface area contributed by atoms with Crippen LogP contribution in [0.3, 0.4) is 0 Å². The monoisotopic (exact) mass is 498 g/mol. The maximum absolute atomic E-state index is 13.1. The fourth-order valence-electron chi connectivity index (χ4n) is 4.76. The van der Waals surface area contributed by atoms with E-state index < -0.39 is 11.7 Å². The van der Waals surface area contributed by atoms with Gasteiger partial charge in [-0.25, -0.2) is 8.96 Å². The highest BCUT2D eigenvalue weighted by molar-refractivity contribution is 7.92. The van der Waals surface area contributed by atoms with E-state index in [1.165, 1.54) is 23.6 Å². The summed E-state index contributed by atoms with van der Waals surface area (Å²) in [5, 5.41) is 12.1. The molecule has 1 aliphatic heterocycles. The van der Waals surface area contributed by atoms with Gasteiger partial charge in [0.25, 0.3) is 5.91 Å². The van der Waals surface area contributed by atoms with Crippen LogP contribution in [-0.2, 0) is 0 Å². The van der Waals surface area contributed by atoms with E-state index in [-0.39, 0.29) is 37.6 Å². The number of alkyl halides is 3. The number of amides is 1. The third kappa shape index (κ3) is 4.43. The van der Waals surface area contributed by atoms with Gasteiger partial charge in [-0.1, -0.05) is 19.3 Å². The Morgan fingerprint density at radius 3 is 2.53 bits per heavy atom. The van der Waals surface area contributed by atoms with Crippen LogP contribution in [0.5, 0.6) is 0 Å². The maximum Gasteiger partial charge on any atom is 0.406 e. The average molecular weight is 499 g/mol. The van der Waals surface area contributed by atoms with E-state index in [0.29, 0.717) is 23.9 Å². The summed E-state index contributed by atoms with van der Waals surface area (Å²) >= 11 is 0.0992. The highest BCUT2D eigenvalue weighted by Gasteiger charge is 2.62. The van der Waals surface area contributed by atoms with Gasteiger partial charge in [0.05, 0.1) is 24.0 Å². The molecule has 2 fully saturated rings. The zero-order valence-electron chi connectivity index (χ0n) is 18.7. The molecule has 0 saturated heterocycles. The third-order valence-electron chi connectivity index (χ3n) is 6.90. The molecule has 2 aliphatic carbocycles. The Morgan fingerprint density at radius 1 is 1.29 bits per heavy atom. The van der Waals surface area contributed by atoms with Crippen LogP contribution >= 0.6 is 12.3 Å². The summed E-state index contributed by atoms with van der Waals surface area (Å²) in [7, 11) is 1.35. The topological polar surface area (TPSA) is 77.2 Å². The van der Waals surface area contributed by atoms with Crippen molar-refractivity contribution in [2.45, 2.75) is 62.7 Å². The van der Waals surface area contributed by atoms with Crippen LogP contribution in [-0.4, -0.2) is 57.8 Å². The molecule has 1 amide bonds. The van der Waals surface area contributed by atoms with Gasteiger partial charge in [-0.15, -0.1) is 3.89 Å². The van der Waals surface area contributed by atoms with Gasteiger partial charge in [-0.05, 0) is 38.8 Å². The highest BCUT2D eigenvalue weighted by atomic mass is 32.2. The predicted molar refractivity (Wildman–Crippen MR) is 122 cm³/mol. The quantitative estimate of drug-likeness (QED) is 0.482. The van der Waals surface area contributed by atoms with E-state index >= 15 is 0 Å². The number of aromatic nitrogens is 2. The van der Waals surface area contributed by atoms with Crippen molar-refractivity contribution in [2.75, 3.05) is 25.2 Å². The van der Waals surface area contributed by atoms with Crippen molar-refractivity contribution < 1.29 is 21.9 Å². The fraction of sp³-hybridized carbons (Fsp3) is 0.591. The Kier molecular flexibility index (Phi) is 6.96. The number of hydrogen-bond donors (Lipinski definition) is 1. The number of fused-ring (bicyclic) bond motifs is 3. The van der Waals surface area contributed by atoms with Crippen LogP contribution in [0.25, 0.3) is 11.0 Å². The van der Waals surface area contributed by atoms with E-state index in [4.69, 9.17) is 5.26 Å². The number of carbonyl (C=O) groups is 1. The lowest BCUT2D eigenvalue weighted by Gasteiger charge is -2.43. The van der Waals surface area contributed by atoms with Crippen molar-refractivity contribution in [3.8, 4) is 6.07 Å². The predicted octanol–water partition coefficient (Wildman–Crippen LogP) is 4.79.